The number of methoxy groups -OCH3 is 1. The lowest BCUT2D eigenvalue weighted by atomic mass is 10.2. The molecule has 0 saturated heterocycles. The number of nitrogens with one attached hydrogen (secondary N) is 1. The fourth-order valence-electron chi connectivity index (χ4n) is 2.39. The average molecular weight is 414 g/mol. The maximum absolute atomic E-state index is 12.6. The Morgan fingerprint density at radius 2 is 1.96 bits per heavy atom. The van der Waals surface area contributed by atoms with Crippen LogP contribution in [0, 0.1) is 6.92 Å². The number of aryl methyl sites for hydroxylation is 1. The van der Waals surface area contributed by atoms with E-state index in [0.29, 0.717) is 27.3 Å². The molecule has 3 rings (SSSR count). The predicted molar refractivity (Wildman–Crippen MR) is 92.0 cm³/mol. The molecule has 1 N–H and O–H groups in total. The molecule has 24 heavy (non-hydrogen) atoms. The van der Waals surface area contributed by atoms with Crippen LogP contribution in [0.3, 0.4) is 0 Å². The van der Waals surface area contributed by atoms with Crippen molar-refractivity contribution < 1.29 is 22.6 Å². The number of hydrogen-bond acceptors (Lipinski definition) is 5. The van der Waals surface area contributed by atoms with Gasteiger partial charge in [0.1, 0.15) is 5.75 Å². The van der Waals surface area contributed by atoms with Crippen LogP contribution in [0.15, 0.2) is 39.7 Å². The van der Waals surface area contributed by atoms with E-state index in [-0.39, 0.29) is 18.2 Å². The van der Waals surface area contributed by atoms with Crippen molar-refractivity contribution in [2.45, 2.75) is 18.4 Å². The highest BCUT2D eigenvalue weighted by Crippen LogP contribution is 2.33. The van der Waals surface area contributed by atoms with Crippen LogP contribution < -0.4 is 18.9 Å². The summed E-state index contributed by atoms with van der Waals surface area (Å²) in [5.41, 5.74) is 1.41. The molecule has 0 spiro atoms. The normalized spacial score (nSPS) is 13.1. The van der Waals surface area contributed by atoms with Gasteiger partial charge in [-0.1, -0.05) is 6.07 Å². The van der Waals surface area contributed by atoms with E-state index in [9.17, 15) is 8.42 Å². The predicted octanol–water partition coefficient (Wildman–Crippen LogP) is 2.97. The summed E-state index contributed by atoms with van der Waals surface area (Å²) in [6, 6.07) is 8.54. The maximum atomic E-state index is 12.6. The molecular weight excluding hydrogens is 398 g/mol. The number of hydrogen-bond donors (Lipinski definition) is 1. The largest absolute Gasteiger partial charge is 0.496 e. The Kier molecular flexibility index (Phi) is 4.71. The Morgan fingerprint density at radius 1 is 1.21 bits per heavy atom. The van der Waals surface area contributed by atoms with E-state index in [1.165, 1.54) is 13.2 Å². The van der Waals surface area contributed by atoms with Crippen molar-refractivity contribution in [2.24, 2.45) is 0 Å². The lowest BCUT2D eigenvalue weighted by molar-refractivity contribution is 0.174. The summed E-state index contributed by atoms with van der Waals surface area (Å²) < 4.78 is 44.2. The summed E-state index contributed by atoms with van der Waals surface area (Å²) in [7, 11) is -2.18. The Balaban J connectivity index is 1.82. The van der Waals surface area contributed by atoms with Gasteiger partial charge in [-0.25, -0.2) is 13.1 Å². The van der Waals surface area contributed by atoms with Crippen LogP contribution in [0.5, 0.6) is 17.2 Å². The summed E-state index contributed by atoms with van der Waals surface area (Å²) >= 11 is 3.35. The topological polar surface area (TPSA) is 73.9 Å². The lowest BCUT2D eigenvalue weighted by Gasteiger charge is -2.12. The van der Waals surface area contributed by atoms with Crippen molar-refractivity contribution in [3.63, 3.8) is 0 Å². The molecule has 0 amide bonds. The van der Waals surface area contributed by atoms with Gasteiger partial charge in [0.15, 0.2) is 11.5 Å². The maximum Gasteiger partial charge on any atom is 0.241 e. The van der Waals surface area contributed by atoms with Gasteiger partial charge in [-0.3, -0.25) is 0 Å². The molecule has 0 atom stereocenters. The summed E-state index contributed by atoms with van der Waals surface area (Å²) in [6.07, 6.45) is 0. The molecule has 1 heterocycles. The summed E-state index contributed by atoms with van der Waals surface area (Å²) in [6.45, 7) is 2.07. The van der Waals surface area contributed by atoms with E-state index in [1.807, 2.05) is 0 Å². The van der Waals surface area contributed by atoms with Crippen molar-refractivity contribution >= 4 is 26.0 Å². The highest BCUT2D eigenvalue weighted by atomic mass is 79.9. The third kappa shape index (κ3) is 3.35. The minimum Gasteiger partial charge on any atom is -0.496 e. The molecule has 0 aliphatic carbocycles. The lowest BCUT2D eigenvalue weighted by Crippen LogP contribution is -2.24. The van der Waals surface area contributed by atoms with Gasteiger partial charge in [0.25, 0.3) is 0 Å². The number of fused-ring (bicyclic) bond motifs is 1. The molecule has 6 nitrogen and oxygen atoms in total. The summed E-state index contributed by atoms with van der Waals surface area (Å²) in [5, 5.41) is 0. The zero-order valence-electron chi connectivity index (χ0n) is 13.1. The molecule has 0 fully saturated rings. The zero-order valence-corrected chi connectivity index (χ0v) is 15.5. The van der Waals surface area contributed by atoms with E-state index >= 15 is 0 Å². The number of rotatable bonds is 5. The molecule has 0 radical (unpaired) electrons. The quantitative estimate of drug-likeness (QED) is 0.815. The standard InChI is InChI=1S/C16H16BrNO5S/c1-10-5-12(17)14(21-2)7-16(10)24(19,20)18-8-11-3-4-13-15(6-11)23-9-22-13/h3-7,18H,8-9H2,1-2H3. The van der Waals surface area contributed by atoms with E-state index < -0.39 is 10.0 Å². The molecule has 0 unspecified atom stereocenters. The zero-order chi connectivity index (χ0) is 17.3. The SMILES string of the molecule is COc1cc(S(=O)(=O)NCc2ccc3c(c2)OCO3)c(C)cc1Br. The van der Waals surface area contributed by atoms with E-state index in [4.69, 9.17) is 14.2 Å². The van der Waals surface area contributed by atoms with E-state index in [1.54, 1.807) is 31.2 Å². The van der Waals surface area contributed by atoms with Gasteiger partial charge in [0, 0.05) is 12.6 Å². The second-order valence-electron chi connectivity index (χ2n) is 5.26. The minimum atomic E-state index is -3.68. The average Bonchev–Trinajstić information content (AvgIpc) is 3.00. The molecule has 2 aromatic rings. The summed E-state index contributed by atoms with van der Waals surface area (Å²) in [5.74, 6) is 1.74. The fraction of sp³-hybridized carbons (Fsp3) is 0.250. The van der Waals surface area contributed by atoms with Crippen LogP contribution in [0.1, 0.15) is 11.1 Å². The van der Waals surface area contributed by atoms with Gasteiger partial charge in [0.05, 0.1) is 16.5 Å². The number of halogens is 1. The number of benzene rings is 2. The van der Waals surface area contributed by atoms with Crippen molar-refractivity contribution in [3.05, 3.63) is 45.9 Å². The van der Waals surface area contributed by atoms with Gasteiger partial charge in [-0.05, 0) is 52.2 Å². The second-order valence-corrected chi connectivity index (χ2v) is 7.85. The molecular formula is C16H16BrNO5S. The Morgan fingerprint density at radius 3 is 2.71 bits per heavy atom. The van der Waals surface area contributed by atoms with Crippen molar-refractivity contribution in [2.75, 3.05) is 13.9 Å². The van der Waals surface area contributed by atoms with Gasteiger partial charge < -0.3 is 14.2 Å². The van der Waals surface area contributed by atoms with E-state index in [2.05, 4.69) is 20.7 Å². The van der Waals surface area contributed by atoms with Gasteiger partial charge in [0.2, 0.25) is 16.8 Å². The first kappa shape index (κ1) is 17.1. The molecule has 1 aliphatic heterocycles. The Bertz CT molecular complexity index is 882. The van der Waals surface area contributed by atoms with Gasteiger partial charge in [-0.2, -0.15) is 0 Å². The van der Waals surface area contributed by atoms with Crippen LogP contribution in [-0.2, 0) is 16.6 Å². The highest BCUT2D eigenvalue weighted by Gasteiger charge is 2.20. The third-order valence-corrected chi connectivity index (χ3v) is 5.81. The molecule has 0 bridgehead atoms. The number of sulfonamides is 1. The molecule has 1 aliphatic rings. The second kappa shape index (κ2) is 6.62. The molecule has 0 saturated carbocycles. The molecule has 8 heteroatoms. The van der Waals surface area contributed by atoms with Crippen LogP contribution in [-0.4, -0.2) is 22.3 Å². The van der Waals surface area contributed by atoms with Crippen LogP contribution in [0.2, 0.25) is 0 Å². The first-order valence-electron chi connectivity index (χ1n) is 7.13. The van der Waals surface area contributed by atoms with Gasteiger partial charge >= 0.3 is 0 Å². The van der Waals surface area contributed by atoms with Crippen molar-refractivity contribution in [1.82, 2.24) is 4.72 Å². The first-order valence-corrected chi connectivity index (χ1v) is 9.40. The van der Waals surface area contributed by atoms with Crippen LogP contribution in [0.4, 0.5) is 0 Å². The van der Waals surface area contributed by atoms with Crippen LogP contribution in [0.25, 0.3) is 0 Å². The summed E-state index contributed by atoms with van der Waals surface area (Å²) in [4.78, 5) is 0.184. The highest BCUT2D eigenvalue weighted by molar-refractivity contribution is 9.10. The van der Waals surface area contributed by atoms with Crippen molar-refractivity contribution in [1.29, 1.82) is 0 Å². The smallest absolute Gasteiger partial charge is 0.241 e. The van der Waals surface area contributed by atoms with Gasteiger partial charge in [-0.15, -0.1) is 0 Å². The van der Waals surface area contributed by atoms with Crippen molar-refractivity contribution in [3.8, 4) is 17.2 Å². The third-order valence-electron chi connectivity index (χ3n) is 3.64. The minimum absolute atomic E-state index is 0.150. The van der Waals surface area contributed by atoms with Crippen LogP contribution >= 0.6 is 15.9 Å². The fourth-order valence-corrected chi connectivity index (χ4v) is 4.26. The molecule has 128 valence electrons. The first-order chi connectivity index (χ1) is 11.4. The Hall–Kier alpha value is -1.77. The Labute approximate surface area is 148 Å². The monoisotopic (exact) mass is 413 g/mol. The van der Waals surface area contributed by atoms with E-state index in [0.717, 1.165) is 5.56 Å². The molecule has 2 aromatic carbocycles. The molecule has 0 aromatic heterocycles. The number of ether oxygens (including phenoxy) is 3.